The molecule has 0 unspecified atom stereocenters. The lowest BCUT2D eigenvalue weighted by molar-refractivity contribution is -0.0684. The third kappa shape index (κ3) is 3.91. The van der Waals surface area contributed by atoms with E-state index in [4.69, 9.17) is 21.1 Å². The highest BCUT2D eigenvalue weighted by molar-refractivity contribution is 6.30. The molecule has 5 heteroatoms. The summed E-state index contributed by atoms with van der Waals surface area (Å²) < 4.78 is 10.5. The van der Waals surface area contributed by atoms with Gasteiger partial charge < -0.3 is 14.6 Å². The van der Waals surface area contributed by atoms with Gasteiger partial charge >= 0.3 is 0 Å². The van der Waals surface area contributed by atoms with Crippen molar-refractivity contribution in [3.63, 3.8) is 0 Å². The molecule has 2 rings (SSSR count). The first-order valence-electron chi connectivity index (χ1n) is 6.45. The van der Waals surface area contributed by atoms with E-state index in [0.717, 1.165) is 25.1 Å². The van der Waals surface area contributed by atoms with Gasteiger partial charge in [-0.25, -0.2) is 0 Å². The Morgan fingerprint density at radius 2 is 2.37 bits per heavy atom. The van der Waals surface area contributed by atoms with E-state index < -0.39 is 0 Å². The molecule has 0 radical (unpaired) electrons. The van der Waals surface area contributed by atoms with Gasteiger partial charge in [0.25, 0.3) is 0 Å². The van der Waals surface area contributed by atoms with Gasteiger partial charge in [-0.1, -0.05) is 23.7 Å². The van der Waals surface area contributed by atoms with Gasteiger partial charge in [0.2, 0.25) is 0 Å². The molecule has 0 aliphatic carbocycles. The van der Waals surface area contributed by atoms with Crippen molar-refractivity contribution < 1.29 is 14.6 Å². The van der Waals surface area contributed by atoms with Crippen molar-refractivity contribution in [1.29, 1.82) is 0 Å². The zero-order valence-electron chi connectivity index (χ0n) is 11.1. The van der Waals surface area contributed by atoms with E-state index in [2.05, 4.69) is 4.90 Å². The standard InChI is InChI=1S/C14H20ClNO3/c1-18-10-19-13-5-6-16(8-13)14(9-17)11-3-2-4-12(15)7-11/h2-4,7,13-14,17H,5-6,8-10H2,1H3/t13-,14+/m0/s1. The van der Waals surface area contributed by atoms with Crippen LogP contribution in [0, 0.1) is 0 Å². The number of likely N-dealkylation sites (tertiary alicyclic amines) is 1. The number of hydrogen-bond donors (Lipinski definition) is 1. The number of aliphatic hydroxyl groups excluding tert-OH is 1. The van der Waals surface area contributed by atoms with E-state index in [1.165, 1.54) is 0 Å². The number of rotatable bonds is 6. The van der Waals surface area contributed by atoms with Crippen molar-refractivity contribution in [3.05, 3.63) is 34.9 Å². The summed E-state index contributed by atoms with van der Waals surface area (Å²) in [5.41, 5.74) is 1.04. The monoisotopic (exact) mass is 285 g/mol. The average molecular weight is 286 g/mol. The summed E-state index contributed by atoms with van der Waals surface area (Å²) in [6.07, 6.45) is 1.13. The maximum Gasteiger partial charge on any atom is 0.146 e. The first-order valence-corrected chi connectivity index (χ1v) is 6.83. The fourth-order valence-corrected chi connectivity index (χ4v) is 2.68. The molecule has 1 fully saturated rings. The van der Waals surface area contributed by atoms with Crippen LogP contribution in [0.1, 0.15) is 18.0 Å². The molecule has 1 N–H and O–H groups in total. The minimum atomic E-state index is -0.0187. The summed E-state index contributed by atoms with van der Waals surface area (Å²) in [5, 5.41) is 10.3. The normalized spacial score (nSPS) is 21.7. The highest BCUT2D eigenvalue weighted by Gasteiger charge is 2.29. The molecule has 0 bridgehead atoms. The summed E-state index contributed by atoms with van der Waals surface area (Å²) in [7, 11) is 1.62. The lowest BCUT2D eigenvalue weighted by Crippen LogP contribution is -2.30. The van der Waals surface area contributed by atoms with Gasteiger partial charge in [-0.15, -0.1) is 0 Å². The van der Waals surface area contributed by atoms with Crippen LogP contribution in [0.15, 0.2) is 24.3 Å². The Balaban J connectivity index is 1.99. The number of hydrogen-bond acceptors (Lipinski definition) is 4. The van der Waals surface area contributed by atoms with Gasteiger partial charge in [0.05, 0.1) is 18.8 Å². The Morgan fingerprint density at radius 3 is 3.05 bits per heavy atom. The molecule has 19 heavy (non-hydrogen) atoms. The SMILES string of the molecule is COCO[C@H]1CCN([C@H](CO)c2cccc(Cl)c2)C1. The number of aliphatic hydroxyl groups is 1. The molecule has 0 aromatic heterocycles. The highest BCUT2D eigenvalue weighted by Crippen LogP contribution is 2.27. The molecule has 1 aromatic carbocycles. The summed E-state index contributed by atoms with van der Waals surface area (Å²) in [4.78, 5) is 2.23. The maximum atomic E-state index is 9.64. The highest BCUT2D eigenvalue weighted by atomic mass is 35.5. The Kier molecular flexibility index (Phi) is 5.60. The lowest BCUT2D eigenvalue weighted by atomic mass is 10.1. The van der Waals surface area contributed by atoms with Gasteiger partial charge in [-0.05, 0) is 24.1 Å². The van der Waals surface area contributed by atoms with E-state index in [0.29, 0.717) is 11.8 Å². The third-order valence-electron chi connectivity index (χ3n) is 3.45. The summed E-state index contributed by atoms with van der Waals surface area (Å²) in [6, 6.07) is 7.64. The Labute approximate surface area is 118 Å². The maximum absolute atomic E-state index is 9.64. The van der Waals surface area contributed by atoms with Gasteiger partial charge in [0.15, 0.2) is 0 Å². The van der Waals surface area contributed by atoms with Crippen LogP contribution in [0.25, 0.3) is 0 Å². The second-order valence-electron chi connectivity index (χ2n) is 4.73. The van der Waals surface area contributed by atoms with Crippen LogP contribution >= 0.6 is 11.6 Å². The molecule has 106 valence electrons. The number of ether oxygens (including phenoxy) is 2. The molecule has 4 nitrogen and oxygen atoms in total. The summed E-state index contributed by atoms with van der Waals surface area (Å²) >= 11 is 6.01. The van der Waals surface area contributed by atoms with E-state index in [1.807, 2.05) is 24.3 Å². The third-order valence-corrected chi connectivity index (χ3v) is 3.68. The summed E-state index contributed by atoms with van der Waals surface area (Å²) in [6.45, 7) is 2.12. The van der Waals surface area contributed by atoms with Crippen LogP contribution in [0.4, 0.5) is 0 Å². The Bertz CT molecular complexity index is 402. The number of benzene rings is 1. The van der Waals surface area contributed by atoms with Crippen molar-refractivity contribution in [1.82, 2.24) is 4.90 Å². The zero-order chi connectivity index (χ0) is 13.7. The Morgan fingerprint density at radius 1 is 1.53 bits per heavy atom. The minimum Gasteiger partial charge on any atom is -0.394 e. The molecule has 1 aliphatic heterocycles. The van der Waals surface area contributed by atoms with Gasteiger partial charge in [-0.2, -0.15) is 0 Å². The Hall–Kier alpha value is -0.650. The average Bonchev–Trinajstić information content (AvgIpc) is 2.86. The van der Waals surface area contributed by atoms with E-state index in [1.54, 1.807) is 7.11 Å². The van der Waals surface area contributed by atoms with E-state index in [-0.39, 0.29) is 18.8 Å². The number of nitrogens with zero attached hydrogens (tertiary/aromatic N) is 1. The summed E-state index contributed by atoms with van der Waals surface area (Å²) in [5.74, 6) is 0. The van der Waals surface area contributed by atoms with Crippen LogP contribution in [0.2, 0.25) is 5.02 Å². The zero-order valence-corrected chi connectivity index (χ0v) is 11.8. The second-order valence-corrected chi connectivity index (χ2v) is 5.17. The van der Waals surface area contributed by atoms with E-state index in [9.17, 15) is 5.11 Å². The molecule has 0 saturated carbocycles. The number of halogens is 1. The van der Waals surface area contributed by atoms with Crippen molar-refractivity contribution in [2.24, 2.45) is 0 Å². The topological polar surface area (TPSA) is 41.9 Å². The van der Waals surface area contributed by atoms with Crippen LogP contribution in [0.5, 0.6) is 0 Å². The lowest BCUT2D eigenvalue weighted by Gasteiger charge is -2.26. The first-order chi connectivity index (χ1) is 9.24. The van der Waals surface area contributed by atoms with E-state index >= 15 is 0 Å². The van der Waals surface area contributed by atoms with Crippen molar-refractivity contribution in [2.75, 3.05) is 33.6 Å². The molecule has 0 spiro atoms. The molecule has 2 atom stereocenters. The van der Waals surface area contributed by atoms with Crippen molar-refractivity contribution >= 4 is 11.6 Å². The molecular formula is C14H20ClNO3. The molecular weight excluding hydrogens is 266 g/mol. The molecule has 1 aliphatic rings. The van der Waals surface area contributed by atoms with Gasteiger partial charge in [0, 0.05) is 25.2 Å². The quantitative estimate of drug-likeness (QED) is 0.813. The van der Waals surface area contributed by atoms with Crippen LogP contribution in [0.3, 0.4) is 0 Å². The fraction of sp³-hybridized carbons (Fsp3) is 0.571. The molecule has 0 amide bonds. The van der Waals surface area contributed by atoms with Gasteiger partial charge in [-0.3, -0.25) is 4.90 Å². The first kappa shape index (κ1) is 14.8. The predicted octanol–water partition coefficient (Wildman–Crippen LogP) is 2.07. The number of methoxy groups -OCH3 is 1. The van der Waals surface area contributed by atoms with Gasteiger partial charge in [0.1, 0.15) is 6.79 Å². The minimum absolute atomic E-state index is 0.0187. The fourth-order valence-electron chi connectivity index (χ4n) is 2.48. The van der Waals surface area contributed by atoms with Crippen molar-refractivity contribution in [2.45, 2.75) is 18.6 Å². The molecule has 1 aromatic rings. The van der Waals surface area contributed by atoms with Crippen molar-refractivity contribution in [3.8, 4) is 0 Å². The molecule has 1 saturated heterocycles. The predicted molar refractivity (Wildman–Crippen MR) is 74.2 cm³/mol. The van der Waals surface area contributed by atoms with Crippen LogP contribution in [-0.2, 0) is 9.47 Å². The molecule has 1 heterocycles. The van der Waals surface area contributed by atoms with Crippen LogP contribution < -0.4 is 0 Å². The smallest absolute Gasteiger partial charge is 0.146 e. The van der Waals surface area contributed by atoms with Crippen LogP contribution in [-0.4, -0.2) is 49.7 Å². The largest absolute Gasteiger partial charge is 0.394 e. The second kappa shape index (κ2) is 7.22.